The maximum absolute atomic E-state index is 14.5. The zero-order valence-electron chi connectivity index (χ0n) is 21.9. The van der Waals surface area contributed by atoms with Crippen LogP contribution in [0.2, 0.25) is 0 Å². The van der Waals surface area contributed by atoms with Crippen LogP contribution in [0.4, 0.5) is 10.1 Å². The maximum Gasteiger partial charge on any atom is 0.264 e. The van der Waals surface area contributed by atoms with E-state index in [1.807, 2.05) is 6.92 Å². The van der Waals surface area contributed by atoms with E-state index in [4.69, 9.17) is 4.74 Å². The van der Waals surface area contributed by atoms with E-state index in [0.717, 1.165) is 4.31 Å². The second kappa shape index (κ2) is 13.6. The highest BCUT2D eigenvalue weighted by Gasteiger charge is 2.32. The predicted octanol–water partition coefficient (Wildman–Crippen LogP) is 4.74. The number of nitrogens with zero attached hydrogens (tertiary/aromatic N) is 2. The second-order valence-corrected chi connectivity index (χ2v) is 11.4. The van der Waals surface area contributed by atoms with Crippen molar-refractivity contribution >= 4 is 43.5 Å². The molecule has 0 aliphatic rings. The summed E-state index contributed by atoms with van der Waals surface area (Å²) in [5.74, 6) is -1.11. The molecule has 0 radical (unpaired) electrons. The Labute approximate surface area is 236 Å². The fourth-order valence-electron chi connectivity index (χ4n) is 3.85. The van der Waals surface area contributed by atoms with E-state index in [0.29, 0.717) is 23.4 Å². The van der Waals surface area contributed by atoms with Gasteiger partial charge in [-0.1, -0.05) is 34.1 Å². The van der Waals surface area contributed by atoms with Crippen LogP contribution in [0.5, 0.6) is 5.75 Å². The average molecular weight is 621 g/mol. The van der Waals surface area contributed by atoms with Crippen molar-refractivity contribution in [3.05, 3.63) is 88.6 Å². The number of rotatable bonds is 12. The monoisotopic (exact) mass is 619 g/mol. The van der Waals surface area contributed by atoms with E-state index in [9.17, 15) is 22.4 Å². The largest absolute Gasteiger partial charge is 0.494 e. The lowest BCUT2D eigenvalue weighted by molar-refractivity contribution is -0.139. The number of halogens is 2. The lowest BCUT2D eigenvalue weighted by atomic mass is 10.1. The highest BCUT2D eigenvalue weighted by atomic mass is 79.9. The Balaban J connectivity index is 2.04. The molecular formula is C28H31BrFN3O5S. The summed E-state index contributed by atoms with van der Waals surface area (Å²) in [5, 5.41) is 2.67. The van der Waals surface area contributed by atoms with Gasteiger partial charge < -0.3 is 15.0 Å². The minimum atomic E-state index is -4.21. The van der Waals surface area contributed by atoms with E-state index in [1.54, 1.807) is 49.4 Å². The predicted molar refractivity (Wildman–Crippen MR) is 151 cm³/mol. The molecule has 0 bridgehead atoms. The summed E-state index contributed by atoms with van der Waals surface area (Å²) in [6.07, 6.45) is 0. The van der Waals surface area contributed by atoms with Crippen molar-refractivity contribution in [3.8, 4) is 5.75 Å². The molecule has 3 aromatic rings. The van der Waals surface area contributed by atoms with Gasteiger partial charge in [0.2, 0.25) is 11.8 Å². The Bertz CT molecular complexity index is 1390. The van der Waals surface area contributed by atoms with Crippen LogP contribution >= 0.6 is 15.9 Å². The van der Waals surface area contributed by atoms with Gasteiger partial charge in [-0.05, 0) is 75.4 Å². The van der Waals surface area contributed by atoms with Gasteiger partial charge >= 0.3 is 0 Å². The van der Waals surface area contributed by atoms with Gasteiger partial charge in [-0.15, -0.1) is 0 Å². The molecule has 3 aromatic carbocycles. The Morgan fingerprint density at radius 3 is 2.23 bits per heavy atom. The molecule has 1 atom stereocenters. The Morgan fingerprint density at radius 1 is 1.00 bits per heavy atom. The standard InChI is InChI=1S/C28H31BrFN3O5S/c1-4-31-28(35)20(3)32(18-21-8-6-7-9-26(21)30)27(34)19-33(23-12-14-24(15-13-23)38-5-2)39(36,37)25-16-10-22(29)11-17-25/h6-17,20H,4-5,18-19H2,1-3H3,(H,31,35). The van der Waals surface area contributed by atoms with Crippen LogP contribution < -0.4 is 14.4 Å². The smallest absolute Gasteiger partial charge is 0.264 e. The zero-order valence-corrected chi connectivity index (χ0v) is 24.3. The van der Waals surface area contributed by atoms with Crippen LogP contribution in [0.15, 0.2) is 82.2 Å². The minimum Gasteiger partial charge on any atom is -0.494 e. The number of anilines is 1. The number of sulfonamides is 1. The van der Waals surface area contributed by atoms with Gasteiger partial charge in [-0.25, -0.2) is 12.8 Å². The first-order chi connectivity index (χ1) is 18.6. The highest BCUT2D eigenvalue weighted by Crippen LogP contribution is 2.27. The van der Waals surface area contributed by atoms with Crippen LogP contribution in [0.25, 0.3) is 0 Å². The molecule has 8 nitrogen and oxygen atoms in total. The summed E-state index contributed by atoms with van der Waals surface area (Å²) >= 11 is 3.30. The van der Waals surface area contributed by atoms with Gasteiger partial charge in [-0.3, -0.25) is 13.9 Å². The molecule has 0 spiro atoms. The Kier molecular flexibility index (Phi) is 10.5. The van der Waals surface area contributed by atoms with Crippen molar-refractivity contribution < 1.29 is 27.1 Å². The summed E-state index contributed by atoms with van der Waals surface area (Å²) in [7, 11) is -4.21. The number of benzene rings is 3. The lowest BCUT2D eigenvalue weighted by Crippen LogP contribution is -2.51. The number of ether oxygens (including phenoxy) is 1. The molecule has 0 aliphatic carbocycles. The lowest BCUT2D eigenvalue weighted by Gasteiger charge is -2.32. The minimum absolute atomic E-state index is 0.0233. The number of hydrogen-bond donors (Lipinski definition) is 1. The van der Waals surface area contributed by atoms with Crippen LogP contribution in [0, 0.1) is 5.82 Å². The molecule has 1 N–H and O–H groups in total. The number of carbonyl (C=O) groups excluding carboxylic acids is 2. The van der Waals surface area contributed by atoms with Crippen LogP contribution in [-0.2, 0) is 26.2 Å². The molecule has 1 unspecified atom stereocenters. The molecule has 0 saturated heterocycles. The fraction of sp³-hybridized carbons (Fsp3) is 0.286. The quantitative estimate of drug-likeness (QED) is 0.316. The molecule has 0 heterocycles. The second-order valence-electron chi connectivity index (χ2n) is 8.58. The molecule has 11 heteroatoms. The van der Waals surface area contributed by atoms with E-state index in [2.05, 4.69) is 21.2 Å². The van der Waals surface area contributed by atoms with Crippen molar-refractivity contribution in [2.45, 2.75) is 38.3 Å². The van der Waals surface area contributed by atoms with Gasteiger partial charge in [0.15, 0.2) is 0 Å². The van der Waals surface area contributed by atoms with Crippen molar-refractivity contribution in [1.29, 1.82) is 0 Å². The van der Waals surface area contributed by atoms with Gasteiger partial charge in [0, 0.05) is 23.1 Å². The van der Waals surface area contributed by atoms with Crippen LogP contribution in [0.3, 0.4) is 0 Å². The molecule has 39 heavy (non-hydrogen) atoms. The number of hydrogen-bond acceptors (Lipinski definition) is 5. The van der Waals surface area contributed by atoms with E-state index in [-0.39, 0.29) is 22.7 Å². The normalized spacial score (nSPS) is 11.9. The first kappa shape index (κ1) is 30.1. The van der Waals surface area contributed by atoms with Gasteiger partial charge in [-0.2, -0.15) is 0 Å². The first-order valence-corrected chi connectivity index (χ1v) is 14.6. The summed E-state index contributed by atoms with van der Waals surface area (Å²) in [4.78, 5) is 27.7. The van der Waals surface area contributed by atoms with Gasteiger partial charge in [0.25, 0.3) is 10.0 Å². The van der Waals surface area contributed by atoms with Crippen LogP contribution in [-0.4, -0.2) is 50.9 Å². The molecule has 208 valence electrons. The molecule has 0 fully saturated rings. The third-order valence-electron chi connectivity index (χ3n) is 5.93. The molecule has 0 aliphatic heterocycles. The topological polar surface area (TPSA) is 96.0 Å². The SMILES string of the molecule is CCNC(=O)C(C)N(Cc1ccccc1F)C(=O)CN(c1ccc(OCC)cc1)S(=O)(=O)c1ccc(Br)cc1. The first-order valence-electron chi connectivity index (χ1n) is 12.4. The number of carbonyl (C=O) groups is 2. The van der Waals surface area contributed by atoms with E-state index < -0.39 is 40.2 Å². The number of amides is 2. The van der Waals surface area contributed by atoms with E-state index in [1.165, 1.54) is 42.2 Å². The molecular weight excluding hydrogens is 589 g/mol. The summed E-state index contributed by atoms with van der Waals surface area (Å²) in [5.41, 5.74) is 0.427. The van der Waals surface area contributed by atoms with Crippen LogP contribution in [0.1, 0.15) is 26.3 Å². The van der Waals surface area contributed by atoms with Crippen molar-refractivity contribution in [2.24, 2.45) is 0 Å². The molecule has 3 rings (SSSR count). The number of likely N-dealkylation sites (N-methyl/N-ethyl adjacent to an activating group) is 1. The Morgan fingerprint density at radius 2 is 1.64 bits per heavy atom. The third kappa shape index (κ3) is 7.57. The maximum atomic E-state index is 14.5. The Hall–Kier alpha value is -3.44. The molecule has 0 saturated carbocycles. The average Bonchev–Trinajstić information content (AvgIpc) is 2.92. The molecule has 0 aromatic heterocycles. The third-order valence-corrected chi connectivity index (χ3v) is 8.25. The summed E-state index contributed by atoms with van der Waals surface area (Å²) in [6.45, 7) is 5.02. The van der Waals surface area contributed by atoms with Gasteiger partial charge in [0.05, 0.1) is 17.2 Å². The molecule has 2 amide bonds. The summed E-state index contributed by atoms with van der Waals surface area (Å²) in [6, 6.07) is 17.3. The van der Waals surface area contributed by atoms with Crippen molar-refractivity contribution in [2.75, 3.05) is 24.0 Å². The fourth-order valence-corrected chi connectivity index (χ4v) is 5.53. The van der Waals surface area contributed by atoms with E-state index >= 15 is 0 Å². The van der Waals surface area contributed by atoms with Crippen molar-refractivity contribution in [3.63, 3.8) is 0 Å². The zero-order chi connectivity index (χ0) is 28.6. The van der Waals surface area contributed by atoms with Gasteiger partial charge in [0.1, 0.15) is 24.2 Å². The van der Waals surface area contributed by atoms with Crippen molar-refractivity contribution in [1.82, 2.24) is 10.2 Å². The number of nitrogens with one attached hydrogen (secondary N) is 1. The summed E-state index contributed by atoms with van der Waals surface area (Å²) < 4.78 is 49.3. The highest BCUT2D eigenvalue weighted by molar-refractivity contribution is 9.10.